The van der Waals surface area contributed by atoms with Crippen molar-refractivity contribution in [3.8, 4) is 101 Å². The Morgan fingerprint density at radius 1 is 0.243 bits per heavy atom. The van der Waals surface area contributed by atoms with Crippen molar-refractivity contribution in [3.05, 3.63) is 289 Å². The van der Waals surface area contributed by atoms with Crippen molar-refractivity contribution in [2.75, 3.05) is 0 Å². The van der Waals surface area contributed by atoms with Gasteiger partial charge in [-0.05, 0) is 150 Å². The number of nitrogens with zero attached hydrogens (tertiary/aromatic N) is 2. The predicted molar refractivity (Wildman–Crippen MR) is 304 cm³/mol. The highest BCUT2D eigenvalue weighted by Gasteiger charge is 2.51. The molecule has 0 saturated carbocycles. The fourth-order valence-corrected chi connectivity index (χ4v) is 12.1. The molecule has 0 radical (unpaired) electrons. The van der Waals surface area contributed by atoms with Gasteiger partial charge in [-0.25, -0.2) is 9.97 Å². The average molecular weight is 941 g/mol. The molecule has 3 nitrogen and oxygen atoms in total. The molecular weight excluding hydrogens is 897 g/mol. The van der Waals surface area contributed by atoms with Crippen LogP contribution in [0.5, 0.6) is 0 Å². The summed E-state index contributed by atoms with van der Waals surface area (Å²) in [5.41, 5.74) is 25.6. The van der Waals surface area contributed by atoms with E-state index < -0.39 is 5.41 Å². The first-order chi connectivity index (χ1) is 36.6. The summed E-state index contributed by atoms with van der Waals surface area (Å²) in [6.45, 7) is 0. The molecular formula is C71H44N2O. The highest BCUT2D eigenvalue weighted by Crippen LogP contribution is 2.63. The summed E-state index contributed by atoms with van der Waals surface area (Å²) in [6, 6.07) is 96.6. The Hall–Kier alpha value is -9.70. The zero-order chi connectivity index (χ0) is 48.7. The van der Waals surface area contributed by atoms with E-state index in [0.29, 0.717) is 5.82 Å². The van der Waals surface area contributed by atoms with Crippen molar-refractivity contribution in [2.45, 2.75) is 5.41 Å². The van der Waals surface area contributed by atoms with Gasteiger partial charge in [0.05, 0.1) is 16.8 Å². The minimum Gasteiger partial charge on any atom is -0.456 e. The Balaban J connectivity index is 0.863. The van der Waals surface area contributed by atoms with Crippen molar-refractivity contribution < 1.29 is 4.42 Å². The van der Waals surface area contributed by atoms with Crippen LogP contribution in [-0.2, 0) is 5.41 Å². The predicted octanol–water partition coefficient (Wildman–Crippen LogP) is 18.4. The van der Waals surface area contributed by atoms with E-state index in [1.807, 2.05) is 12.1 Å². The van der Waals surface area contributed by atoms with Crippen LogP contribution in [0.1, 0.15) is 22.3 Å². The molecule has 74 heavy (non-hydrogen) atoms. The molecule has 2 aliphatic rings. The molecule has 13 aromatic rings. The zero-order valence-corrected chi connectivity index (χ0v) is 40.2. The summed E-state index contributed by atoms with van der Waals surface area (Å²) < 4.78 is 6.52. The van der Waals surface area contributed by atoms with E-state index in [-0.39, 0.29) is 0 Å². The van der Waals surface area contributed by atoms with Crippen molar-refractivity contribution in [1.29, 1.82) is 0 Å². The highest BCUT2D eigenvalue weighted by atomic mass is 16.3. The normalized spacial score (nSPS) is 12.7. The van der Waals surface area contributed by atoms with Crippen LogP contribution in [0.2, 0.25) is 0 Å². The summed E-state index contributed by atoms with van der Waals surface area (Å²) in [7, 11) is 0. The Kier molecular flexibility index (Phi) is 9.48. The third kappa shape index (κ3) is 6.60. The topological polar surface area (TPSA) is 38.9 Å². The minimum absolute atomic E-state index is 0.428. The van der Waals surface area contributed by atoms with Crippen LogP contribution >= 0.6 is 0 Å². The SMILES string of the molecule is c1ccc(-c2cc(-c3cccc(-c4cc(-c5ccccc5)nc(-c5ccc6c(c5)oc5ccc(-c7ccccc7)cc56)n4)c3)cc(-c3ccc4c(c3)C3(c5ccccc5-c5ccccc53)c3ccccc3-4)c2)cc1. The maximum absolute atomic E-state index is 6.52. The van der Waals surface area contributed by atoms with Gasteiger partial charge in [0, 0.05) is 27.5 Å². The van der Waals surface area contributed by atoms with Crippen molar-refractivity contribution in [2.24, 2.45) is 0 Å². The Bertz CT molecular complexity index is 4300. The van der Waals surface area contributed by atoms with E-state index in [2.05, 4.69) is 255 Å². The van der Waals surface area contributed by atoms with Crippen LogP contribution in [0.3, 0.4) is 0 Å². The largest absolute Gasteiger partial charge is 0.456 e. The molecule has 0 unspecified atom stereocenters. The van der Waals surface area contributed by atoms with Crippen LogP contribution in [0, 0.1) is 0 Å². The number of benzene rings is 11. The van der Waals surface area contributed by atoms with Crippen molar-refractivity contribution >= 4 is 21.9 Å². The van der Waals surface area contributed by atoms with Crippen LogP contribution < -0.4 is 0 Å². The van der Waals surface area contributed by atoms with Gasteiger partial charge in [0.1, 0.15) is 11.2 Å². The quantitative estimate of drug-likeness (QED) is 0.160. The fourth-order valence-electron chi connectivity index (χ4n) is 12.1. The summed E-state index contributed by atoms with van der Waals surface area (Å²) >= 11 is 0. The standard InChI is InChI=1S/C71H44N2O/c1-4-17-45(18-5-1)49-33-36-68-61(41-49)60-35-32-52(43-69(60)74-68)70-72-66(47-21-8-3-9-22-47)44-67(73-70)51-24-16-23-48(37-51)54-38-53(46-19-6-2-7-20-46)39-55(40-54)50-31-34-59-58-27-12-15-30-64(58)71(65(59)42-50)62-28-13-10-25-56(62)57-26-11-14-29-63(57)71/h1-44H. The Labute approximate surface area is 429 Å². The Morgan fingerprint density at radius 2 is 0.689 bits per heavy atom. The van der Waals surface area contributed by atoms with Crippen molar-refractivity contribution in [1.82, 2.24) is 9.97 Å². The van der Waals surface area contributed by atoms with Gasteiger partial charge in [0.25, 0.3) is 0 Å². The first kappa shape index (κ1) is 42.0. The monoisotopic (exact) mass is 940 g/mol. The molecule has 0 saturated heterocycles. The van der Waals surface area contributed by atoms with Crippen LogP contribution in [0.4, 0.5) is 0 Å². The maximum Gasteiger partial charge on any atom is 0.160 e. The molecule has 1 spiro atoms. The molecule has 0 amide bonds. The molecule has 0 aliphatic heterocycles. The fraction of sp³-hybridized carbons (Fsp3) is 0.0141. The second-order valence-electron chi connectivity index (χ2n) is 19.6. The number of rotatable bonds is 7. The molecule has 2 heterocycles. The molecule has 344 valence electrons. The van der Waals surface area contributed by atoms with Crippen LogP contribution in [0.25, 0.3) is 123 Å². The van der Waals surface area contributed by atoms with E-state index in [1.54, 1.807) is 0 Å². The first-order valence-electron chi connectivity index (χ1n) is 25.4. The maximum atomic E-state index is 6.52. The summed E-state index contributed by atoms with van der Waals surface area (Å²) in [4.78, 5) is 10.6. The van der Waals surface area contributed by atoms with E-state index in [1.165, 1.54) is 61.2 Å². The van der Waals surface area contributed by atoms with Crippen molar-refractivity contribution in [3.63, 3.8) is 0 Å². The molecule has 15 rings (SSSR count). The smallest absolute Gasteiger partial charge is 0.160 e. The molecule has 2 aliphatic carbocycles. The molecule has 0 atom stereocenters. The number of fused-ring (bicyclic) bond motifs is 13. The van der Waals surface area contributed by atoms with Crippen LogP contribution in [0.15, 0.2) is 271 Å². The van der Waals surface area contributed by atoms with Gasteiger partial charge in [0.15, 0.2) is 5.82 Å². The zero-order valence-electron chi connectivity index (χ0n) is 40.2. The molecule has 0 N–H and O–H groups in total. The van der Waals surface area contributed by atoms with Crippen LogP contribution in [-0.4, -0.2) is 9.97 Å². The van der Waals surface area contributed by atoms with Gasteiger partial charge in [0.2, 0.25) is 0 Å². The summed E-state index contributed by atoms with van der Waals surface area (Å²) in [5, 5.41) is 2.14. The van der Waals surface area contributed by atoms with Gasteiger partial charge in [-0.3, -0.25) is 0 Å². The number of hydrogen-bond donors (Lipinski definition) is 0. The summed E-state index contributed by atoms with van der Waals surface area (Å²) in [5.74, 6) is 0.636. The lowest BCUT2D eigenvalue weighted by atomic mass is 9.70. The molecule has 3 heteroatoms. The first-order valence-corrected chi connectivity index (χ1v) is 25.4. The van der Waals surface area contributed by atoms with E-state index >= 15 is 0 Å². The highest BCUT2D eigenvalue weighted by molar-refractivity contribution is 6.07. The third-order valence-corrected chi connectivity index (χ3v) is 15.5. The lowest BCUT2D eigenvalue weighted by molar-refractivity contribution is 0.669. The van der Waals surface area contributed by atoms with Gasteiger partial charge in [-0.1, -0.05) is 206 Å². The number of furan rings is 1. The summed E-state index contributed by atoms with van der Waals surface area (Å²) in [6.07, 6.45) is 0. The lowest BCUT2D eigenvalue weighted by Crippen LogP contribution is -2.25. The second kappa shape index (κ2) is 16.7. The van der Waals surface area contributed by atoms with E-state index in [4.69, 9.17) is 14.4 Å². The molecule has 2 aromatic heterocycles. The molecule has 0 bridgehead atoms. The van der Waals surface area contributed by atoms with Gasteiger partial charge in [-0.15, -0.1) is 0 Å². The van der Waals surface area contributed by atoms with E-state index in [0.717, 1.165) is 77.8 Å². The van der Waals surface area contributed by atoms with Gasteiger partial charge < -0.3 is 4.42 Å². The van der Waals surface area contributed by atoms with Gasteiger partial charge >= 0.3 is 0 Å². The average Bonchev–Trinajstić information content (AvgIpc) is 4.23. The lowest BCUT2D eigenvalue weighted by Gasteiger charge is -2.30. The number of aromatic nitrogens is 2. The second-order valence-corrected chi connectivity index (χ2v) is 19.6. The number of hydrogen-bond acceptors (Lipinski definition) is 3. The molecule has 0 fully saturated rings. The third-order valence-electron chi connectivity index (χ3n) is 15.5. The molecule has 11 aromatic carbocycles. The minimum atomic E-state index is -0.428. The van der Waals surface area contributed by atoms with Gasteiger partial charge in [-0.2, -0.15) is 0 Å². The Morgan fingerprint density at radius 3 is 1.32 bits per heavy atom. The van der Waals surface area contributed by atoms with E-state index in [9.17, 15) is 0 Å².